The lowest BCUT2D eigenvalue weighted by Gasteiger charge is -2.56. The normalized spacial score (nSPS) is 43.3. The topological polar surface area (TPSA) is 115 Å². The Hall–Kier alpha value is -1.04. The van der Waals surface area contributed by atoms with Gasteiger partial charge in [0, 0.05) is 37.8 Å². The number of ether oxygens (including phenoxy) is 1. The molecule has 6 rings (SSSR count). The van der Waals surface area contributed by atoms with Crippen molar-refractivity contribution >= 4 is 23.4 Å². The fourth-order valence-corrected chi connectivity index (χ4v) is 7.21. The maximum atomic E-state index is 13.8. The van der Waals surface area contributed by atoms with Crippen molar-refractivity contribution in [2.75, 3.05) is 32.9 Å². The van der Waals surface area contributed by atoms with E-state index in [-0.39, 0.29) is 37.0 Å². The number of rotatable bonds is 7. The number of amides is 2. The number of alkyl halides is 2. The van der Waals surface area contributed by atoms with Crippen LogP contribution >= 0.6 is 11.6 Å². The summed E-state index contributed by atoms with van der Waals surface area (Å²) < 4.78 is 19.5. The fraction of sp³-hybridized carbons (Fsp3) is 0.920. The van der Waals surface area contributed by atoms with E-state index in [1.54, 1.807) is 0 Å². The lowest BCUT2D eigenvalue weighted by Crippen LogP contribution is -2.71. The third-order valence-electron chi connectivity index (χ3n) is 9.29. The Morgan fingerprint density at radius 2 is 1.92 bits per heavy atom. The molecule has 0 radical (unpaired) electrons. The van der Waals surface area contributed by atoms with E-state index in [9.17, 15) is 19.1 Å². The summed E-state index contributed by atoms with van der Waals surface area (Å²) in [6, 6.07) is 0.183. The number of hydrogen-bond donors (Lipinski definition) is 5. The molecule has 2 heterocycles. The number of carbonyl (C=O) groups is 2. The van der Waals surface area contributed by atoms with Crippen molar-refractivity contribution in [3.63, 3.8) is 0 Å². The summed E-state index contributed by atoms with van der Waals surface area (Å²) in [5.74, 6) is -0.270. The second-order valence-corrected chi connectivity index (χ2v) is 12.2. The van der Waals surface area contributed by atoms with Gasteiger partial charge >= 0.3 is 0 Å². The smallest absolute Gasteiger partial charge is 0.246 e. The zero-order chi connectivity index (χ0) is 25.3. The van der Waals surface area contributed by atoms with Crippen LogP contribution in [0.5, 0.6) is 0 Å². The summed E-state index contributed by atoms with van der Waals surface area (Å²) in [5, 5.41) is 23.7. The van der Waals surface area contributed by atoms with Crippen LogP contribution in [0.25, 0.3) is 0 Å². The lowest BCUT2D eigenvalue weighted by molar-refractivity contribution is -0.140. The Labute approximate surface area is 217 Å². The minimum atomic E-state index is -1.11. The monoisotopic (exact) mass is 529 g/mol. The van der Waals surface area contributed by atoms with Gasteiger partial charge in [0.15, 0.2) is 0 Å². The largest absolute Gasteiger partial charge is 0.391 e. The molecule has 6 atom stereocenters. The highest BCUT2D eigenvalue weighted by Crippen LogP contribution is 2.47. The molecule has 0 spiro atoms. The summed E-state index contributed by atoms with van der Waals surface area (Å²) >= 11 is 5.93. The fourth-order valence-electron chi connectivity index (χ4n) is 6.98. The van der Waals surface area contributed by atoms with Crippen LogP contribution in [0.2, 0.25) is 0 Å². The minimum absolute atomic E-state index is 0.0173. The van der Waals surface area contributed by atoms with Gasteiger partial charge in [0.25, 0.3) is 0 Å². The summed E-state index contributed by atoms with van der Waals surface area (Å²) in [6.07, 6.45) is 4.13. The molecule has 2 bridgehead atoms. The predicted octanol–water partition coefficient (Wildman–Crippen LogP) is 0.533. The summed E-state index contributed by atoms with van der Waals surface area (Å²) in [5.41, 5.74) is -1.13. The number of halogens is 2. The molecule has 6 aliphatic rings. The Morgan fingerprint density at radius 3 is 2.61 bits per heavy atom. The molecule has 2 saturated heterocycles. The van der Waals surface area contributed by atoms with Gasteiger partial charge in [-0.25, -0.2) is 4.39 Å². The molecule has 6 unspecified atom stereocenters. The average Bonchev–Trinajstić information content (AvgIpc) is 3.41. The number of carbonyl (C=O) groups excluding carboxylic acids is 2. The first-order chi connectivity index (χ1) is 17.3. The van der Waals surface area contributed by atoms with Crippen molar-refractivity contribution in [1.29, 1.82) is 0 Å². The van der Waals surface area contributed by atoms with E-state index in [4.69, 9.17) is 16.3 Å². The van der Waals surface area contributed by atoms with Crippen molar-refractivity contribution in [2.24, 2.45) is 0 Å². The highest BCUT2D eigenvalue weighted by Gasteiger charge is 2.55. The molecule has 36 heavy (non-hydrogen) atoms. The van der Waals surface area contributed by atoms with Crippen molar-refractivity contribution in [2.45, 2.75) is 111 Å². The maximum absolute atomic E-state index is 13.8. The molecule has 0 aromatic carbocycles. The van der Waals surface area contributed by atoms with E-state index >= 15 is 0 Å². The van der Waals surface area contributed by atoms with Gasteiger partial charge in [0.1, 0.15) is 12.8 Å². The van der Waals surface area contributed by atoms with E-state index in [1.807, 2.05) is 0 Å². The third-order valence-corrected chi connectivity index (χ3v) is 9.78. The molecular weight excluding hydrogens is 489 g/mol. The predicted molar refractivity (Wildman–Crippen MR) is 133 cm³/mol. The van der Waals surface area contributed by atoms with Crippen molar-refractivity contribution in [3.05, 3.63) is 0 Å². The first-order valence-electron chi connectivity index (χ1n) is 13.7. The molecule has 4 saturated carbocycles. The van der Waals surface area contributed by atoms with Crippen molar-refractivity contribution < 1.29 is 23.8 Å². The average molecular weight is 530 g/mol. The SMILES string of the molecule is O=C(COC1CCC(Cl)C(F)C1)NC12CCC(NC(=O)C3CC(N4CCNC4)CCN3)(CC1)CC2O. The summed E-state index contributed by atoms with van der Waals surface area (Å²) in [7, 11) is 0. The van der Waals surface area contributed by atoms with Crippen LogP contribution in [0, 0.1) is 0 Å². The van der Waals surface area contributed by atoms with Crippen LogP contribution in [0.4, 0.5) is 4.39 Å². The molecule has 2 aliphatic heterocycles. The van der Waals surface area contributed by atoms with E-state index in [0.29, 0.717) is 51.0 Å². The summed E-state index contributed by atoms with van der Waals surface area (Å²) in [4.78, 5) is 28.3. The molecule has 5 N–H and O–H groups in total. The van der Waals surface area contributed by atoms with E-state index in [2.05, 4.69) is 26.2 Å². The van der Waals surface area contributed by atoms with Crippen LogP contribution in [0.1, 0.15) is 64.2 Å². The van der Waals surface area contributed by atoms with Gasteiger partial charge in [-0.1, -0.05) is 0 Å². The second kappa shape index (κ2) is 11.0. The molecule has 0 aromatic rings. The molecule has 9 nitrogen and oxygen atoms in total. The Morgan fingerprint density at radius 1 is 1.11 bits per heavy atom. The van der Waals surface area contributed by atoms with E-state index < -0.39 is 28.7 Å². The standard InChI is InChI=1S/C25H41ClFN5O4/c26-18-2-1-17(12-19(18)27)36-14-22(34)30-25-6-4-24(5-7-25,13-21(25)33)31-23(35)20-11-16(3-8-29-20)32-10-9-28-15-32/h16-21,28-29,33H,1-15H2,(H,30,34)(H,31,35). The molecular formula is C25H41ClFN5O4. The van der Waals surface area contributed by atoms with Crippen LogP contribution < -0.4 is 21.3 Å². The van der Waals surface area contributed by atoms with Gasteiger partial charge in [-0.3, -0.25) is 14.5 Å². The van der Waals surface area contributed by atoms with E-state index in [1.165, 1.54) is 0 Å². The molecule has 0 aromatic heterocycles. The van der Waals surface area contributed by atoms with Crippen LogP contribution in [-0.4, -0.2) is 102 Å². The minimum Gasteiger partial charge on any atom is -0.391 e. The number of aliphatic hydroxyl groups is 1. The number of fused-ring (bicyclic) bond motifs is 3. The van der Waals surface area contributed by atoms with Crippen LogP contribution in [0.15, 0.2) is 0 Å². The van der Waals surface area contributed by atoms with E-state index in [0.717, 1.165) is 39.1 Å². The zero-order valence-corrected chi connectivity index (χ0v) is 21.7. The molecule has 2 amide bonds. The number of hydrogen-bond acceptors (Lipinski definition) is 7. The zero-order valence-electron chi connectivity index (χ0n) is 20.9. The van der Waals surface area contributed by atoms with Crippen LogP contribution in [-0.2, 0) is 14.3 Å². The molecule has 4 aliphatic carbocycles. The highest BCUT2D eigenvalue weighted by atomic mass is 35.5. The number of nitrogens with zero attached hydrogens (tertiary/aromatic N) is 1. The van der Waals surface area contributed by atoms with Gasteiger partial charge < -0.3 is 31.1 Å². The Balaban J connectivity index is 1.10. The number of aliphatic hydroxyl groups excluding tert-OH is 1. The van der Waals surface area contributed by atoms with Crippen molar-refractivity contribution in [3.8, 4) is 0 Å². The van der Waals surface area contributed by atoms with Gasteiger partial charge in [-0.2, -0.15) is 0 Å². The first kappa shape index (κ1) is 26.6. The molecule has 6 fully saturated rings. The van der Waals surface area contributed by atoms with Crippen molar-refractivity contribution in [1.82, 2.24) is 26.2 Å². The van der Waals surface area contributed by atoms with Gasteiger partial charge in [0.05, 0.1) is 29.2 Å². The van der Waals surface area contributed by atoms with Gasteiger partial charge in [-0.15, -0.1) is 11.6 Å². The number of nitrogens with one attached hydrogen (secondary N) is 4. The van der Waals surface area contributed by atoms with Gasteiger partial charge in [0.2, 0.25) is 11.8 Å². The maximum Gasteiger partial charge on any atom is 0.246 e. The quantitative estimate of drug-likeness (QED) is 0.306. The number of piperidine rings is 1. The second-order valence-electron chi connectivity index (χ2n) is 11.6. The molecule has 204 valence electrons. The lowest BCUT2D eigenvalue weighted by atomic mass is 9.59. The Bertz CT molecular complexity index is 807. The first-order valence-corrected chi connectivity index (χ1v) is 14.1. The highest BCUT2D eigenvalue weighted by molar-refractivity contribution is 6.21. The Kier molecular flexibility index (Phi) is 8.10. The third kappa shape index (κ3) is 5.68. The molecule has 11 heteroatoms. The van der Waals surface area contributed by atoms with Crippen LogP contribution in [0.3, 0.4) is 0 Å². The summed E-state index contributed by atoms with van der Waals surface area (Å²) in [6.45, 7) is 3.59. The van der Waals surface area contributed by atoms with Gasteiger partial charge in [-0.05, 0) is 64.3 Å².